The zero-order valence-electron chi connectivity index (χ0n) is 8.58. The Kier molecular flexibility index (Phi) is 3.46. The molecular weight excluding hydrogens is 263 g/mol. The number of hydrogen-bond donors (Lipinski definition) is 2. The number of alkyl halides is 5. The van der Waals surface area contributed by atoms with E-state index in [1.807, 2.05) is 0 Å². The standard InChI is InChI=1S/C10H7F5O3/c11-8(12,9(17,18)10(13,14)15)7(16)6-4-2-1-3-5-6/h1-5,17-18H. The van der Waals surface area contributed by atoms with E-state index in [1.165, 1.54) is 6.07 Å². The monoisotopic (exact) mass is 270 g/mol. The second-order valence-electron chi connectivity index (χ2n) is 3.44. The van der Waals surface area contributed by atoms with Crippen LogP contribution in [0.2, 0.25) is 0 Å². The van der Waals surface area contributed by atoms with Gasteiger partial charge in [-0.1, -0.05) is 30.3 Å². The molecule has 0 unspecified atom stereocenters. The first-order valence-corrected chi connectivity index (χ1v) is 4.51. The van der Waals surface area contributed by atoms with Gasteiger partial charge in [-0.05, 0) is 0 Å². The molecule has 1 aromatic rings. The molecule has 0 saturated carbocycles. The second-order valence-corrected chi connectivity index (χ2v) is 3.44. The molecular formula is C10H7F5O3. The van der Waals surface area contributed by atoms with Crippen LogP contribution in [0.5, 0.6) is 0 Å². The Morgan fingerprint density at radius 1 is 0.944 bits per heavy atom. The minimum absolute atomic E-state index is 0.765. The molecule has 0 aliphatic heterocycles. The number of Topliss-reactive ketones (excluding diaryl/α,β-unsaturated/α-hetero) is 1. The predicted molar refractivity (Wildman–Crippen MR) is 48.9 cm³/mol. The normalized spacial score (nSPS) is 13.5. The zero-order valence-corrected chi connectivity index (χ0v) is 8.58. The van der Waals surface area contributed by atoms with Crippen LogP contribution in [-0.4, -0.2) is 33.9 Å². The Labute approximate surface area is 97.5 Å². The summed E-state index contributed by atoms with van der Waals surface area (Å²) in [5.74, 6) is -13.2. The van der Waals surface area contributed by atoms with E-state index >= 15 is 0 Å². The maximum Gasteiger partial charge on any atom is 0.450 e. The molecule has 18 heavy (non-hydrogen) atoms. The highest BCUT2D eigenvalue weighted by Crippen LogP contribution is 2.41. The van der Waals surface area contributed by atoms with Gasteiger partial charge >= 0.3 is 17.9 Å². The number of hydrogen-bond acceptors (Lipinski definition) is 3. The second kappa shape index (κ2) is 4.29. The number of carbonyl (C=O) groups is 1. The van der Waals surface area contributed by atoms with Gasteiger partial charge in [0.05, 0.1) is 0 Å². The highest BCUT2D eigenvalue weighted by molar-refractivity contribution is 6.02. The highest BCUT2D eigenvalue weighted by Gasteiger charge is 2.72. The summed E-state index contributed by atoms with van der Waals surface area (Å²) in [6.45, 7) is 0. The Morgan fingerprint density at radius 3 is 1.78 bits per heavy atom. The number of ketones is 1. The average molecular weight is 270 g/mol. The SMILES string of the molecule is O=C(c1ccccc1)C(F)(F)C(O)(O)C(F)(F)F. The number of halogens is 5. The van der Waals surface area contributed by atoms with Crippen LogP contribution >= 0.6 is 0 Å². The van der Waals surface area contributed by atoms with Crippen LogP contribution in [0.15, 0.2) is 30.3 Å². The van der Waals surface area contributed by atoms with Crippen molar-refractivity contribution in [1.82, 2.24) is 0 Å². The largest absolute Gasteiger partial charge is 0.450 e. The lowest BCUT2D eigenvalue weighted by Crippen LogP contribution is -2.62. The van der Waals surface area contributed by atoms with E-state index in [2.05, 4.69) is 0 Å². The van der Waals surface area contributed by atoms with Crippen molar-refractivity contribution in [3.8, 4) is 0 Å². The van der Waals surface area contributed by atoms with Crippen LogP contribution in [0.4, 0.5) is 22.0 Å². The Bertz CT molecular complexity index is 439. The number of benzene rings is 1. The molecule has 0 fully saturated rings. The lowest BCUT2D eigenvalue weighted by atomic mass is 9.98. The molecule has 1 rings (SSSR count). The molecule has 0 aliphatic carbocycles. The third-order valence-electron chi connectivity index (χ3n) is 2.15. The first-order chi connectivity index (χ1) is 8.02. The summed E-state index contributed by atoms with van der Waals surface area (Å²) in [5, 5.41) is 16.9. The molecule has 2 N–H and O–H groups in total. The molecule has 0 bridgehead atoms. The molecule has 0 spiro atoms. The first-order valence-electron chi connectivity index (χ1n) is 4.51. The molecule has 8 heteroatoms. The predicted octanol–water partition coefficient (Wildman–Crippen LogP) is 1.75. The van der Waals surface area contributed by atoms with Gasteiger partial charge in [0, 0.05) is 5.56 Å². The minimum atomic E-state index is -6.07. The minimum Gasteiger partial charge on any atom is -0.354 e. The van der Waals surface area contributed by atoms with Gasteiger partial charge in [0.15, 0.2) is 0 Å². The smallest absolute Gasteiger partial charge is 0.354 e. The van der Waals surface area contributed by atoms with Crippen molar-refractivity contribution in [3.63, 3.8) is 0 Å². The average Bonchev–Trinajstić information content (AvgIpc) is 2.27. The fraction of sp³-hybridized carbons (Fsp3) is 0.300. The van der Waals surface area contributed by atoms with Gasteiger partial charge in [-0.2, -0.15) is 22.0 Å². The molecule has 1 aromatic carbocycles. The highest BCUT2D eigenvalue weighted by atomic mass is 19.4. The summed E-state index contributed by atoms with van der Waals surface area (Å²) >= 11 is 0. The van der Waals surface area contributed by atoms with Crippen LogP contribution in [0.1, 0.15) is 10.4 Å². The molecule has 0 heterocycles. The van der Waals surface area contributed by atoms with Crippen molar-refractivity contribution >= 4 is 5.78 Å². The van der Waals surface area contributed by atoms with Crippen molar-refractivity contribution in [2.75, 3.05) is 0 Å². The van der Waals surface area contributed by atoms with E-state index in [0.29, 0.717) is 0 Å². The van der Waals surface area contributed by atoms with E-state index in [4.69, 9.17) is 10.2 Å². The fourth-order valence-electron chi connectivity index (χ4n) is 1.11. The fourth-order valence-corrected chi connectivity index (χ4v) is 1.11. The van der Waals surface area contributed by atoms with Crippen molar-refractivity contribution in [2.45, 2.75) is 17.9 Å². The maximum absolute atomic E-state index is 13.2. The Morgan fingerprint density at radius 2 is 1.39 bits per heavy atom. The molecule has 100 valence electrons. The van der Waals surface area contributed by atoms with Crippen LogP contribution in [0.25, 0.3) is 0 Å². The van der Waals surface area contributed by atoms with Gasteiger partial charge < -0.3 is 10.2 Å². The van der Waals surface area contributed by atoms with Crippen molar-refractivity contribution in [3.05, 3.63) is 35.9 Å². The zero-order chi connectivity index (χ0) is 14.2. The third kappa shape index (κ3) is 2.21. The molecule has 0 saturated heterocycles. The summed E-state index contributed by atoms with van der Waals surface area (Å²) < 4.78 is 62.6. The van der Waals surface area contributed by atoms with Gasteiger partial charge in [0.2, 0.25) is 5.78 Å². The first kappa shape index (κ1) is 14.5. The topological polar surface area (TPSA) is 57.5 Å². The Hall–Kier alpha value is -1.54. The quantitative estimate of drug-likeness (QED) is 0.500. The van der Waals surface area contributed by atoms with Crippen LogP contribution in [-0.2, 0) is 0 Å². The van der Waals surface area contributed by atoms with Crippen LogP contribution in [0.3, 0.4) is 0 Å². The number of aliphatic hydroxyl groups is 2. The Balaban J connectivity index is 3.19. The summed E-state index contributed by atoms with van der Waals surface area (Å²) in [6, 6.07) is 5.32. The van der Waals surface area contributed by atoms with Gasteiger partial charge in [-0.25, -0.2) is 0 Å². The summed E-state index contributed by atoms with van der Waals surface area (Å²) in [7, 11) is 0. The van der Waals surface area contributed by atoms with E-state index in [0.717, 1.165) is 24.3 Å². The molecule has 0 aromatic heterocycles. The van der Waals surface area contributed by atoms with Crippen LogP contribution in [0, 0.1) is 0 Å². The van der Waals surface area contributed by atoms with E-state index in [9.17, 15) is 26.7 Å². The summed E-state index contributed by atoms with van der Waals surface area (Å²) in [5.41, 5.74) is -0.765. The number of rotatable bonds is 3. The van der Waals surface area contributed by atoms with Crippen LogP contribution < -0.4 is 0 Å². The van der Waals surface area contributed by atoms with Gasteiger partial charge in [-0.3, -0.25) is 4.79 Å². The van der Waals surface area contributed by atoms with Gasteiger partial charge in [0.25, 0.3) is 0 Å². The molecule has 0 atom stereocenters. The molecule has 0 radical (unpaired) electrons. The third-order valence-corrected chi connectivity index (χ3v) is 2.15. The van der Waals surface area contributed by atoms with E-state index < -0.39 is 29.2 Å². The molecule has 0 aliphatic rings. The van der Waals surface area contributed by atoms with Crippen molar-refractivity contribution in [1.29, 1.82) is 0 Å². The van der Waals surface area contributed by atoms with E-state index in [-0.39, 0.29) is 0 Å². The van der Waals surface area contributed by atoms with Gasteiger partial charge in [0.1, 0.15) is 0 Å². The lowest BCUT2D eigenvalue weighted by molar-refractivity contribution is -0.402. The summed E-state index contributed by atoms with van der Waals surface area (Å²) in [6.07, 6.45) is -6.07. The maximum atomic E-state index is 13.2. The molecule has 0 amide bonds. The lowest BCUT2D eigenvalue weighted by Gasteiger charge is -2.31. The van der Waals surface area contributed by atoms with E-state index in [1.54, 1.807) is 0 Å². The van der Waals surface area contributed by atoms with Gasteiger partial charge in [-0.15, -0.1) is 0 Å². The number of carbonyl (C=O) groups excluding carboxylic acids is 1. The molecule has 3 nitrogen and oxygen atoms in total. The summed E-state index contributed by atoms with van der Waals surface area (Å²) in [4.78, 5) is 11.2. The van der Waals surface area contributed by atoms with Crippen molar-refractivity contribution < 1.29 is 37.0 Å². The van der Waals surface area contributed by atoms with Crippen molar-refractivity contribution in [2.24, 2.45) is 0 Å².